The number of nitrogens with zero attached hydrogens (tertiary/aromatic N) is 7. The van der Waals surface area contributed by atoms with E-state index < -0.39 is 0 Å². The summed E-state index contributed by atoms with van der Waals surface area (Å²) in [5.41, 5.74) is 12.7. The van der Waals surface area contributed by atoms with E-state index >= 15 is 0 Å². The number of aromatic nitrogens is 6. The summed E-state index contributed by atoms with van der Waals surface area (Å²) in [5.74, 6) is 4.84. The van der Waals surface area contributed by atoms with Crippen LogP contribution in [0.25, 0.3) is 22.3 Å². The second-order valence-electron chi connectivity index (χ2n) is 35.2. The van der Waals surface area contributed by atoms with Crippen molar-refractivity contribution in [2.24, 2.45) is 0 Å². The Balaban J connectivity index is 0.000000151. The molecular weight excluding hydrogens is 1880 g/mol. The molecule has 3 fully saturated rings. The zero-order valence-corrected chi connectivity index (χ0v) is 81.3. The maximum absolute atomic E-state index is 12.4. The highest BCUT2D eigenvalue weighted by Gasteiger charge is 2.29. The molecule has 0 amide bonds. The summed E-state index contributed by atoms with van der Waals surface area (Å²) in [6, 6.07) is 56.7. The first-order valence-electron chi connectivity index (χ1n) is 44.1. The third-order valence-electron chi connectivity index (χ3n) is 21.7. The summed E-state index contributed by atoms with van der Waals surface area (Å²) >= 11 is 27.2. The molecule has 3 saturated heterocycles. The predicted molar refractivity (Wildman–Crippen MR) is 531 cm³/mol. The second kappa shape index (κ2) is 49.2. The normalized spacial score (nSPS) is 18.2. The van der Waals surface area contributed by atoms with E-state index in [4.69, 9.17) is 84.5 Å². The van der Waals surface area contributed by atoms with Crippen molar-refractivity contribution in [3.8, 4) is 17.6 Å². The second-order valence-corrected chi connectivity index (χ2v) is 39.2. The lowest BCUT2D eigenvalue weighted by Gasteiger charge is -2.32. The highest BCUT2D eigenvalue weighted by molar-refractivity contribution is 14.1. The van der Waals surface area contributed by atoms with Gasteiger partial charge in [0.05, 0.1) is 52.9 Å². The molecule has 7 aliphatic heterocycles. The zero-order chi connectivity index (χ0) is 88.7. The summed E-state index contributed by atoms with van der Waals surface area (Å²) in [6.07, 6.45) is 29.8. The van der Waals surface area contributed by atoms with E-state index in [2.05, 4.69) is 245 Å². The Morgan fingerprint density at radius 1 is 0.368 bits per heavy atom. The number of hydrogen-bond acceptors (Lipinski definition) is 16. The van der Waals surface area contributed by atoms with Gasteiger partial charge in [-0.15, -0.1) is 0 Å². The van der Waals surface area contributed by atoms with Gasteiger partial charge in [0, 0.05) is 75.2 Å². The minimum absolute atomic E-state index is 0.0161. The first kappa shape index (κ1) is 98.0. The van der Waals surface area contributed by atoms with E-state index in [1.54, 1.807) is 30.3 Å². The van der Waals surface area contributed by atoms with Gasteiger partial charge in [0.1, 0.15) is 54.9 Å². The fourth-order valence-electron chi connectivity index (χ4n) is 16.1. The van der Waals surface area contributed by atoms with Gasteiger partial charge in [-0.2, -0.15) is 4.98 Å². The quantitative estimate of drug-likeness (QED) is 0.0685. The number of anilines is 3. The Kier molecular flexibility index (Phi) is 38.6. The van der Waals surface area contributed by atoms with Crippen LogP contribution >= 0.6 is 91.6 Å². The van der Waals surface area contributed by atoms with Crippen LogP contribution in [0, 0.1) is 7.14 Å². The molecule has 668 valence electrons. The Morgan fingerprint density at radius 2 is 0.680 bits per heavy atom. The minimum atomic E-state index is -0.283. The van der Waals surface area contributed by atoms with E-state index in [1.165, 1.54) is 109 Å². The van der Waals surface area contributed by atoms with Crippen molar-refractivity contribution in [2.75, 3.05) is 87.2 Å². The molecule has 0 radical (unpaired) electrons. The minimum Gasteiger partial charge on any atom is -0.472 e. The SMILES string of the molecule is CC(C)(C)Oc1cc(C2=CCOCC2)cc(Cl)n1.CC(C)(C)Oc1cc(C2=CCOCC2)cc(N2CCCCCC2Cc2ccccc2)n1.CC(C)(C)Oc1cc(I)cc(Cl)n1.Clc1cc(I)cc(Cl)n1.O=c1cc(C2=CCOCC2)cc(N2CCCCC[C@@H]2Cc2ccccc2)[nH]1.O=c1cc(C2=CCOCC2)cc(N2CCCCC[C@H]2Cc2ccccc2)[nH]1. The molecule has 9 aromatic rings. The number of H-pyrrole nitrogens is 2. The number of halogens is 6. The van der Waals surface area contributed by atoms with Gasteiger partial charge in [0.2, 0.25) is 28.8 Å². The molecule has 18 nitrogen and oxygen atoms in total. The van der Waals surface area contributed by atoms with Crippen LogP contribution < -0.4 is 40.0 Å². The third kappa shape index (κ3) is 34.1. The molecule has 3 aromatic carbocycles. The van der Waals surface area contributed by atoms with Crippen molar-refractivity contribution in [3.05, 3.63) is 276 Å². The predicted octanol–water partition coefficient (Wildman–Crippen LogP) is 24.6. The molecule has 6 aromatic heterocycles. The van der Waals surface area contributed by atoms with Gasteiger partial charge >= 0.3 is 0 Å². The number of rotatable bonds is 16. The van der Waals surface area contributed by atoms with Crippen molar-refractivity contribution >= 4 is 131 Å². The molecule has 1 unspecified atom stereocenters. The lowest BCUT2D eigenvalue weighted by molar-refractivity contribution is 0.123. The van der Waals surface area contributed by atoms with Gasteiger partial charge in [-0.1, -0.05) is 200 Å². The fraction of sp³-hybridized carbons (Fsp3) is 0.446. The van der Waals surface area contributed by atoms with Crippen LogP contribution in [0.15, 0.2) is 198 Å². The highest BCUT2D eigenvalue weighted by Crippen LogP contribution is 2.37. The first-order chi connectivity index (χ1) is 60.0. The molecule has 0 bridgehead atoms. The lowest BCUT2D eigenvalue weighted by atomic mass is 9.99. The molecule has 0 aliphatic carbocycles. The Bertz CT molecular complexity index is 4940. The fourth-order valence-corrected chi connectivity index (χ4v) is 18.7. The van der Waals surface area contributed by atoms with Gasteiger partial charge < -0.3 is 57.8 Å². The molecule has 125 heavy (non-hydrogen) atoms. The molecule has 13 heterocycles. The lowest BCUT2D eigenvalue weighted by Crippen LogP contribution is -2.38. The average Bonchev–Trinajstić information content (AvgIpc) is 0.866. The van der Waals surface area contributed by atoms with Gasteiger partial charge in [-0.3, -0.25) is 9.59 Å². The number of nitrogens with one attached hydrogen (secondary N) is 2. The van der Waals surface area contributed by atoms with Crippen LogP contribution in [-0.2, 0) is 38.2 Å². The van der Waals surface area contributed by atoms with E-state index in [1.807, 2.05) is 59.7 Å². The van der Waals surface area contributed by atoms with Crippen LogP contribution in [0.3, 0.4) is 0 Å². The van der Waals surface area contributed by atoms with Crippen molar-refractivity contribution in [3.63, 3.8) is 0 Å². The van der Waals surface area contributed by atoms with E-state index in [0.29, 0.717) is 76.9 Å². The topological polar surface area (TPSA) is 192 Å². The van der Waals surface area contributed by atoms with Gasteiger partial charge in [-0.05, 0) is 295 Å². The first-order valence-corrected chi connectivity index (χ1v) is 47.8. The zero-order valence-electron chi connectivity index (χ0n) is 73.9. The molecule has 24 heteroatoms. The Hall–Kier alpha value is -7.62. The summed E-state index contributed by atoms with van der Waals surface area (Å²) in [5, 5.41) is 1.80. The number of aromatic amines is 2. The maximum Gasteiger partial charge on any atom is 0.250 e. The molecule has 2 N–H and O–H groups in total. The summed E-state index contributed by atoms with van der Waals surface area (Å²) in [7, 11) is 0. The molecule has 7 aliphatic rings. The van der Waals surface area contributed by atoms with Crippen molar-refractivity contribution in [1.82, 2.24) is 29.9 Å². The molecule has 16 rings (SSSR count). The van der Waals surface area contributed by atoms with Crippen LogP contribution in [-0.4, -0.2) is 137 Å². The third-order valence-corrected chi connectivity index (χ3v) is 23.8. The van der Waals surface area contributed by atoms with Gasteiger partial charge in [0.15, 0.2) is 0 Å². The van der Waals surface area contributed by atoms with Gasteiger partial charge in [-0.25, -0.2) is 15.0 Å². The van der Waals surface area contributed by atoms with E-state index in [9.17, 15) is 9.59 Å². The molecular formula is C101H123Cl4I2N9O9. The van der Waals surface area contributed by atoms with Crippen LogP contribution in [0.2, 0.25) is 20.6 Å². The molecule has 3 atom stereocenters. The highest BCUT2D eigenvalue weighted by atomic mass is 127. The van der Waals surface area contributed by atoms with Crippen molar-refractivity contribution < 1.29 is 33.2 Å². The number of benzene rings is 3. The Labute approximate surface area is 787 Å². The smallest absolute Gasteiger partial charge is 0.250 e. The number of ether oxygens (including phenoxy) is 7. The number of pyridine rings is 6. The van der Waals surface area contributed by atoms with Crippen LogP contribution in [0.5, 0.6) is 17.6 Å². The molecule has 0 spiro atoms. The van der Waals surface area contributed by atoms with Crippen LogP contribution in [0.1, 0.15) is 204 Å². The summed E-state index contributed by atoms with van der Waals surface area (Å²) < 4.78 is 41.3. The number of hydrogen-bond donors (Lipinski definition) is 2. The average molecular weight is 2000 g/mol. The monoisotopic (exact) mass is 2000 g/mol. The molecule has 0 saturated carbocycles. The van der Waals surface area contributed by atoms with E-state index in [0.717, 1.165) is 151 Å². The standard InChI is InChI=1S/C27H36N2O2.2C23H28N2O2.C14H18ClNO2.C9H11ClINO.C5H2Cl2IN/c1-27(2,3)31-26-20-23(22-13-16-30-17-14-22)19-25(28-26)29-15-9-5-8-12-24(29)18-21-10-6-4-7-11-21;2*26-23-17-20(19-10-13-27-14-11-19)16-22(24-23)25-12-6-2-5-9-21(25)15-18-7-3-1-4-8-18;1-14(2,3)18-13-9-11(8-12(15)16-13)10-4-6-17-7-5-10;1-9(2,3)13-8-5-6(11)4-7(10)12-8;6-4-1-3(8)2-5(7)9-4/h4,6-7,10-11,13,19-20,24H,5,8-9,12,14-18H2,1-3H3;2*1,3-4,7-8,10,16-17,21H,2,5-6,9,11-15H2,(H,24,26);4,8-9H,5-7H2,1-3H3;4-5H,1-3H3;1-2H/t;2*21-;;;/m.10.../s1. The van der Waals surface area contributed by atoms with Crippen molar-refractivity contribution in [2.45, 2.75) is 219 Å². The van der Waals surface area contributed by atoms with Crippen LogP contribution in [0.4, 0.5) is 17.5 Å². The summed E-state index contributed by atoms with van der Waals surface area (Å²) in [4.78, 5) is 55.5. The van der Waals surface area contributed by atoms with Gasteiger partial charge in [0.25, 0.3) is 0 Å². The maximum atomic E-state index is 12.4. The summed E-state index contributed by atoms with van der Waals surface area (Å²) in [6.45, 7) is 26.8. The van der Waals surface area contributed by atoms with Crippen molar-refractivity contribution in [1.29, 1.82) is 0 Å². The Morgan fingerprint density at radius 3 is 1.02 bits per heavy atom. The van der Waals surface area contributed by atoms with E-state index in [-0.39, 0.29) is 27.9 Å². The largest absolute Gasteiger partial charge is 0.472 e.